The molecule has 0 saturated heterocycles. The van der Waals surface area contributed by atoms with E-state index in [4.69, 9.17) is 10.8 Å². The predicted molar refractivity (Wildman–Crippen MR) is 57.4 cm³/mol. The summed E-state index contributed by atoms with van der Waals surface area (Å²) < 4.78 is 13.2. The van der Waals surface area contributed by atoms with Gasteiger partial charge in [-0.15, -0.1) is 11.8 Å². The van der Waals surface area contributed by atoms with Crippen LogP contribution in [0.15, 0.2) is 29.2 Å². The minimum absolute atomic E-state index is 0.276. The first-order chi connectivity index (χ1) is 7.15. The van der Waals surface area contributed by atoms with E-state index in [0.717, 1.165) is 11.8 Å². The van der Waals surface area contributed by atoms with Crippen molar-refractivity contribution < 1.29 is 14.3 Å². The zero-order valence-electron chi connectivity index (χ0n) is 8.02. The molecule has 0 radical (unpaired) electrons. The van der Waals surface area contributed by atoms with Crippen LogP contribution in [0.4, 0.5) is 4.39 Å². The fraction of sp³-hybridized carbons (Fsp3) is 0.300. The Morgan fingerprint density at radius 3 is 2.73 bits per heavy atom. The molecule has 0 spiro atoms. The van der Waals surface area contributed by atoms with Crippen LogP contribution >= 0.6 is 11.8 Å². The molecule has 82 valence electrons. The van der Waals surface area contributed by atoms with Crippen molar-refractivity contribution in [1.82, 2.24) is 0 Å². The van der Waals surface area contributed by atoms with E-state index in [-0.39, 0.29) is 6.54 Å². The van der Waals surface area contributed by atoms with Crippen molar-refractivity contribution in [2.24, 2.45) is 5.73 Å². The highest BCUT2D eigenvalue weighted by atomic mass is 32.2. The number of thioether (sulfide) groups is 1. The number of benzene rings is 1. The molecule has 1 aromatic rings. The first kappa shape index (κ1) is 12.0. The molecule has 5 heteroatoms. The third-order valence-corrected chi connectivity index (χ3v) is 3.12. The van der Waals surface area contributed by atoms with E-state index >= 15 is 0 Å². The molecule has 0 aliphatic rings. The number of rotatable bonds is 5. The standard InChI is InChI=1S/C10H12FNO2S/c11-7-3-1-2-4-8(7)15-9(5-6-12)10(13)14/h1-4,9H,5-6,12H2,(H,13,14). The van der Waals surface area contributed by atoms with Crippen LogP contribution in [0.25, 0.3) is 0 Å². The van der Waals surface area contributed by atoms with Gasteiger partial charge in [-0.1, -0.05) is 12.1 Å². The average Bonchev–Trinajstić information content (AvgIpc) is 2.20. The zero-order valence-corrected chi connectivity index (χ0v) is 8.84. The molecule has 3 N–H and O–H groups in total. The van der Waals surface area contributed by atoms with Gasteiger partial charge in [-0.3, -0.25) is 4.79 Å². The van der Waals surface area contributed by atoms with Crippen LogP contribution in [-0.4, -0.2) is 22.9 Å². The van der Waals surface area contributed by atoms with Gasteiger partial charge in [-0.25, -0.2) is 4.39 Å². The molecule has 3 nitrogen and oxygen atoms in total. The van der Waals surface area contributed by atoms with Gasteiger partial charge >= 0.3 is 5.97 Å². The van der Waals surface area contributed by atoms with Gasteiger partial charge in [0.1, 0.15) is 11.1 Å². The molecule has 0 heterocycles. The number of nitrogens with two attached hydrogens (primary N) is 1. The van der Waals surface area contributed by atoms with Crippen molar-refractivity contribution in [2.45, 2.75) is 16.6 Å². The maximum absolute atomic E-state index is 13.2. The molecule has 0 fully saturated rings. The van der Waals surface area contributed by atoms with Crippen LogP contribution in [0.2, 0.25) is 0 Å². The summed E-state index contributed by atoms with van der Waals surface area (Å²) in [5.74, 6) is -1.36. The maximum atomic E-state index is 13.2. The van der Waals surface area contributed by atoms with Crippen molar-refractivity contribution in [3.8, 4) is 0 Å². The molecule has 15 heavy (non-hydrogen) atoms. The van der Waals surface area contributed by atoms with Crippen molar-refractivity contribution >= 4 is 17.7 Å². The second-order valence-corrected chi connectivity index (χ2v) is 4.20. The van der Waals surface area contributed by atoms with Crippen molar-refractivity contribution in [3.05, 3.63) is 30.1 Å². The summed E-state index contributed by atoms with van der Waals surface area (Å²) in [6.45, 7) is 0.276. The summed E-state index contributed by atoms with van der Waals surface area (Å²) in [6.07, 6.45) is 0.328. The number of hydrogen-bond acceptors (Lipinski definition) is 3. The molecule has 1 unspecified atom stereocenters. The smallest absolute Gasteiger partial charge is 0.317 e. The normalized spacial score (nSPS) is 12.4. The lowest BCUT2D eigenvalue weighted by Crippen LogP contribution is -2.20. The van der Waals surface area contributed by atoms with Gasteiger partial charge in [0.25, 0.3) is 0 Å². The Morgan fingerprint density at radius 1 is 1.53 bits per heavy atom. The fourth-order valence-corrected chi connectivity index (χ4v) is 2.08. The Kier molecular flexibility index (Phi) is 4.58. The quantitative estimate of drug-likeness (QED) is 0.755. The van der Waals surface area contributed by atoms with E-state index < -0.39 is 17.0 Å². The van der Waals surface area contributed by atoms with Crippen molar-refractivity contribution in [2.75, 3.05) is 6.54 Å². The third-order valence-electron chi connectivity index (χ3n) is 1.81. The summed E-state index contributed by atoms with van der Waals surface area (Å²) >= 11 is 0.993. The minimum Gasteiger partial charge on any atom is -0.480 e. The molecule has 0 aliphatic heterocycles. The van der Waals surface area contributed by atoms with Crippen molar-refractivity contribution in [1.29, 1.82) is 0 Å². The third kappa shape index (κ3) is 3.53. The highest BCUT2D eigenvalue weighted by Crippen LogP contribution is 2.27. The average molecular weight is 229 g/mol. The number of hydrogen-bond donors (Lipinski definition) is 2. The largest absolute Gasteiger partial charge is 0.480 e. The maximum Gasteiger partial charge on any atom is 0.317 e. The highest BCUT2D eigenvalue weighted by Gasteiger charge is 2.19. The Balaban J connectivity index is 2.74. The van der Waals surface area contributed by atoms with E-state index in [9.17, 15) is 9.18 Å². The minimum atomic E-state index is -0.964. The Labute approximate surface area is 91.5 Å². The number of halogens is 1. The van der Waals surface area contributed by atoms with E-state index in [1.807, 2.05) is 0 Å². The van der Waals surface area contributed by atoms with Gasteiger partial charge in [0.05, 0.1) is 0 Å². The topological polar surface area (TPSA) is 63.3 Å². The van der Waals surface area contributed by atoms with Crippen LogP contribution in [0.1, 0.15) is 6.42 Å². The van der Waals surface area contributed by atoms with Crippen LogP contribution in [0, 0.1) is 5.82 Å². The molecule has 0 saturated carbocycles. The molecule has 0 amide bonds. The molecule has 1 rings (SSSR count). The van der Waals surface area contributed by atoms with E-state index in [1.54, 1.807) is 18.2 Å². The van der Waals surface area contributed by atoms with Crippen LogP contribution in [0.3, 0.4) is 0 Å². The summed E-state index contributed by atoms with van der Waals surface area (Å²) in [5, 5.41) is 8.17. The first-order valence-electron chi connectivity index (χ1n) is 4.49. The van der Waals surface area contributed by atoms with Gasteiger partial charge in [-0.05, 0) is 25.1 Å². The number of carboxylic acids is 1. The second-order valence-electron chi connectivity index (χ2n) is 2.95. The summed E-state index contributed by atoms with van der Waals surface area (Å²) in [6, 6.07) is 6.11. The molecule has 1 atom stereocenters. The Morgan fingerprint density at radius 2 is 2.20 bits per heavy atom. The Hall–Kier alpha value is -1.07. The zero-order chi connectivity index (χ0) is 11.3. The van der Waals surface area contributed by atoms with E-state index in [1.165, 1.54) is 6.07 Å². The molecule has 0 bridgehead atoms. The predicted octanol–water partition coefficient (Wildman–Crippen LogP) is 1.72. The van der Waals surface area contributed by atoms with Gasteiger partial charge < -0.3 is 10.8 Å². The molecule has 1 aromatic carbocycles. The second kappa shape index (κ2) is 5.72. The number of carboxylic acid groups (broad SMARTS) is 1. The van der Waals surface area contributed by atoms with Crippen LogP contribution in [0.5, 0.6) is 0 Å². The summed E-state index contributed by atoms with van der Waals surface area (Å²) in [5.41, 5.74) is 5.29. The Bertz CT molecular complexity index is 346. The van der Waals surface area contributed by atoms with Crippen molar-refractivity contribution in [3.63, 3.8) is 0 Å². The summed E-state index contributed by atoms with van der Waals surface area (Å²) in [7, 11) is 0. The van der Waals surface area contributed by atoms with Crippen LogP contribution < -0.4 is 5.73 Å². The SMILES string of the molecule is NCCC(Sc1ccccc1F)C(=O)O. The number of aliphatic carboxylic acids is 1. The van der Waals surface area contributed by atoms with E-state index in [0.29, 0.717) is 11.3 Å². The molecule has 0 aromatic heterocycles. The van der Waals surface area contributed by atoms with Gasteiger partial charge in [0.15, 0.2) is 0 Å². The van der Waals surface area contributed by atoms with Gasteiger partial charge in [-0.2, -0.15) is 0 Å². The lowest BCUT2D eigenvalue weighted by Gasteiger charge is -2.10. The lowest BCUT2D eigenvalue weighted by molar-refractivity contribution is -0.136. The molecular weight excluding hydrogens is 217 g/mol. The monoisotopic (exact) mass is 229 g/mol. The highest BCUT2D eigenvalue weighted by molar-refractivity contribution is 8.00. The van der Waals surface area contributed by atoms with Gasteiger partial charge in [0, 0.05) is 4.90 Å². The van der Waals surface area contributed by atoms with E-state index in [2.05, 4.69) is 0 Å². The first-order valence-corrected chi connectivity index (χ1v) is 5.37. The van der Waals surface area contributed by atoms with Crippen LogP contribution in [-0.2, 0) is 4.79 Å². The number of carbonyl (C=O) groups is 1. The fourth-order valence-electron chi connectivity index (χ4n) is 1.08. The molecule has 0 aliphatic carbocycles. The summed E-state index contributed by atoms with van der Waals surface area (Å²) in [4.78, 5) is 11.2. The van der Waals surface area contributed by atoms with Gasteiger partial charge in [0.2, 0.25) is 0 Å². The molecular formula is C10H12FNO2S. The lowest BCUT2D eigenvalue weighted by atomic mass is 10.3.